The summed E-state index contributed by atoms with van der Waals surface area (Å²) in [4.78, 5) is 2.30. The van der Waals surface area contributed by atoms with Crippen LogP contribution in [-0.2, 0) is 0 Å². The molecule has 0 fully saturated rings. The van der Waals surface area contributed by atoms with Gasteiger partial charge >= 0.3 is 0 Å². The summed E-state index contributed by atoms with van der Waals surface area (Å²) >= 11 is 0. The minimum absolute atomic E-state index is 0.615. The lowest BCUT2D eigenvalue weighted by Crippen LogP contribution is -2.40. The van der Waals surface area contributed by atoms with Crippen molar-refractivity contribution < 1.29 is 0 Å². The summed E-state index contributed by atoms with van der Waals surface area (Å²) in [5.74, 6) is 0. The first kappa shape index (κ1) is 15.7. The Labute approximate surface area is 102 Å². The first-order valence-electron chi connectivity index (χ1n) is 6.50. The Bertz CT molecular complexity index is 193. The second kappa shape index (κ2) is 8.77. The van der Waals surface area contributed by atoms with Gasteiger partial charge in [0.15, 0.2) is 0 Å². The molecule has 0 aromatic carbocycles. The molecule has 0 aliphatic rings. The SMILES string of the molecule is CCC(CNC(C)CCC=C(C)C)N(C)C. The maximum absolute atomic E-state index is 3.62. The van der Waals surface area contributed by atoms with Gasteiger partial charge in [-0.1, -0.05) is 18.6 Å². The van der Waals surface area contributed by atoms with Crippen molar-refractivity contribution in [3.8, 4) is 0 Å². The fourth-order valence-electron chi connectivity index (χ4n) is 1.75. The van der Waals surface area contributed by atoms with Crippen molar-refractivity contribution in [3.63, 3.8) is 0 Å². The quantitative estimate of drug-likeness (QED) is 0.640. The van der Waals surface area contributed by atoms with Crippen LogP contribution in [-0.4, -0.2) is 37.6 Å². The highest BCUT2D eigenvalue weighted by Gasteiger charge is 2.09. The number of nitrogens with zero attached hydrogens (tertiary/aromatic N) is 1. The summed E-state index contributed by atoms with van der Waals surface area (Å²) in [6.07, 6.45) is 5.95. The summed E-state index contributed by atoms with van der Waals surface area (Å²) in [6.45, 7) is 9.95. The van der Waals surface area contributed by atoms with Gasteiger partial charge in [-0.05, 0) is 54.1 Å². The summed E-state index contributed by atoms with van der Waals surface area (Å²) in [7, 11) is 4.31. The van der Waals surface area contributed by atoms with Crippen LogP contribution in [0.3, 0.4) is 0 Å². The molecule has 2 unspecified atom stereocenters. The minimum atomic E-state index is 0.615. The van der Waals surface area contributed by atoms with E-state index in [4.69, 9.17) is 0 Å². The molecule has 0 rings (SSSR count). The predicted molar refractivity (Wildman–Crippen MR) is 73.9 cm³/mol. The molecule has 0 saturated carbocycles. The first-order valence-corrected chi connectivity index (χ1v) is 6.50. The summed E-state index contributed by atoms with van der Waals surface area (Å²) in [6, 6.07) is 1.27. The number of hydrogen-bond donors (Lipinski definition) is 1. The van der Waals surface area contributed by atoms with E-state index in [1.165, 1.54) is 24.8 Å². The number of rotatable bonds is 8. The third kappa shape index (κ3) is 7.89. The van der Waals surface area contributed by atoms with E-state index in [2.05, 4.69) is 58.1 Å². The van der Waals surface area contributed by atoms with Gasteiger partial charge in [0.2, 0.25) is 0 Å². The Hall–Kier alpha value is -0.340. The highest BCUT2D eigenvalue weighted by atomic mass is 15.1. The molecule has 0 saturated heterocycles. The molecule has 0 aromatic rings. The van der Waals surface area contributed by atoms with E-state index in [-0.39, 0.29) is 0 Å². The molecule has 0 heterocycles. The third-order valence-electron chi connectivity index (χ3n) is 3.06. The Morgan fingerprint density at radius 3 is 2.38 bits per heavy atom. The smallest absolute Gasteiger partial charge is 0.0212 e. The Balaban J connectivity index is 3.71. The van der Waals surface area contributed by atoms with Gasteiger partial charge in [-0.2, -0.15) is 0 Å². The Morgan fingerprint density at radius 2 is 1.94 bits per heavy atom. The van der Waals surface area contributed by atoms with E-state index >= 15 is 0 Å². The highest BCUT2D eigenvalue weighted by molar-refractivity contribution is 4.93. The second-order valence-electron chi connectivity index (χ2n) is 5.19. The van der Waals surface area contributed by atoms with Crippen molar-refractivity contribution in [1.29, 1.82) is 0 Å². The van der Waals surface area contributed by atoms with Crippen LogP contribution < -0.4 is 5.32 Å². The lowest BCUT2D eigenvalue weighted by Gasteiger charge is -2.25. The van der Waals surface area contributed by atoms with Crippen molar-refractivity contribution in [1.82, 2.24) is 10.2 Å². The van der Waals surface area contributed by atoms with Crippen LogP contribution in [0.15, 0.2) is 11.6 Å². The summed E-state index contributed by atoms with van der Waals surface area (Å²) < 4.78 is 0. The fourth-order valence-corrected chi connectivity index (χ4v) is 1.75. The molecular formula is C14H30N2. The normalized spacial score (nSPS) is 14.9. The van der Waals surface area contributed by atoms with E-state index in [1.807, 2.05) is 0 Å². The molecule has 2 heteroatoms. The topological polar surface area (TPSA) is 15.3 Å². The van der Waals surface area contributed by atoms with Crippen LogP contribution in [0.5, 0.6) is 0 Å². The van der Waals surface area contributed by atoms with E-state index in [9.17, 15) is 0 Å². The largest absolute Gasteiger partial charge is 0.313 e. The molecule has 2 nitrogen and oxygen atoms in total. The van der Waals surface area contributed by atoms with Crippen molar-refractivity contribution in [2.24, 2.45) is 0 Å². The number of nitrogens with one attached hydrogen (secondary N) is 1. The second-order valence-corrected chi connectivity index (χ2v) is 5.19. The van der Waals surface area contributed by atoms with Crippen LogP contribution in [0.4, 0.5) is 0 Å². The third-order valence-corrected chi connectivity index (χ3v) is 3.06. The van der Waals surface area contributed by atoms with Crippen LogP contribution in [0.1, 0.15) is 47.0 Å². The van der Waals surface area contributed by atoms with Crippen LogP contribution in [0.25, 0.3) is 0 Å². The summed E-state index contributed by atoms with van der Waals surface area (Å²) in [5, 5.41) is 3.62. The van der Waals surface area contributed by atoms with Crippen molar-refractivity contribution in [2.75, 3.05) is 20.6 Å². The van der Waals surface area contributed by atoms with E-state index in [0.29, 0.717) is 12.1 Å². The van der Waals surface area contributed by atoms with Gasteiger partial charge in [-0.25, -0.2) is 0 Å². The van der Waals surface area contributed by atoms with Gasteiger partial charge in [-0.3, -0.25) is 0 Å². The van der Waals surface area contributed by atoms with Gasteiger partial charge in [0, 0.05) is 18.6 Å². The summed E-state index contributed by atoms with van der Waals surface area (Å²) in [5.41, 5.74) is 1.42. The van der Waals surface area contributed by atoms with Gasteiger partial charge in [0.1, 0.15) is 0 Å². The molecule has 96 valence electrons. The average molecular weight is 226 g/mol. The molecule has 0 spiro atoms. The van der Waals surface area contributed by atoms with E-state index in [1.54, 1.807) is 0 Å². The monoisotopic (exact) mass is 226 g/mol. The molecular weight excluding hydrogens is 196 g/mol. The lowest BCUT2D eigenvalue weighted by atomic mass is 10.1. The van der Waals surface area contributed by atoms with Crippen LogP contribution >= 0.6 is 0 Å². The number of allylic oxidation sites excluding steroid dienone is 2. The molecule has 0 bridgehead atoms. The minimum Gasteiger partial charge on any atom is -0.313 e. The van der Waals surface area contributed by atoms with E-state index < -0.39 is 0 Å². The standard InChI is InChI=1S/C14H30N2/c1-7-14(16(5)6)11-15-13(4)10-8-9-12(2)3/h9,13-15H,7-8,10-11H2,1-6H3. The van der Waals surface area contributed by atoms with Gasteiger partial charge in [-0.15, -0.1) is 0 Å². The van der Waals surface area contributed by atoms with Gasteiger partial charge < -0.3 is 10.2 Å². The Kier molecular flexibility index (Phi) is 8.58. The van der Waals surface area contributed by atoms with Crippen molar-refractivity contribution >= 4 is 0 Å². The van der Waals surface area contributed by atoms with Crippen LogP contribution in [0, 0.1) is 0 Å². The maximum Gasteiger partial charge on any atom is 0.0212 e. The molecule has 0 aromatic heterocycles. The molecule has 16 heavy (non-hydrogen) atoms. The van der Waals surface area contributed by atoms with Crippen molar-refractivity contribution in [2.45, 2.75) is 59.0 Å². The lowest BCUT2D eigenvalue weighted by molar-refractivity contribution is 0.268. The molecule has 1 N–H and O–H groups in total. The van der Waals surface area contributed by atoms with E-state index in [0.717, 1.165) is 6.54 Å². The Morgan fingerprint density at radius 1 is 1.31 bits per heavy atom. The molecule has 0 radical (unpaired) electrons. The number of hydrogen-bond acceptors (Lipinski definition) is 2. The first-order chi connectivity index (χ1) is 7.47. The van der Waals surface area contributed by atoms with Gasteiger partial charge in [0.25, 0.3) is 0 Å². The zero-order valence-electron chi connectivity index (χ0n) is 12.0. The zero-order valence-corrected chi connectivity index (χ0v) is 12.0. The van der Waals surface area contributed by atoms with Crippen molar-refractivity contribution in [3.05, 3.63) is 11.6 Å². The predicted octanol–water partition coefficient (Wildman–Crippen LogP) is 3.05. The molecule has 0 amide bonds. The maximum atomic E-state index is 3.62. The molecule has 0 aliphatic carbocycles. The molecule has 2 atom stereocenters. The number of likely N-dealkylation sites (N-methyl/N-ethyl adjacent to an activating group) is 1. The fraction of sp³-hybridized carbons (Fsp3) is 0.857. The zero-order chi connectivity index (χ0) is 12.6. The van der Waals surface area contributed by atoms with Gasteiger partial charge in [0.05, 0.1) is 0 Å². The average Bonchev–Trinajstić information content (AvgIpc) is 2.17. The highest BCUT2D eigenvalue weighted by Crippen LogP contribution is 2.03. The molecule has 0 aliphatic heterocycles. The van der Waals surface area contributed by atoms with Crippen LogP contribution in [0.2, 0.25) is 0 Å².